The Balaban J connectivity index is 2.25. The zero-order valence-corrected chi connectivity index (χ0v) is 13.2. The Bertz CT molecular complexity index is 933. The van der Waals surface area contributed by atoms with Crippen LogP contribution in [0, 0.1) is 0 Å². The molecule has 6 heteroatoms. The van der Waals surface area contributed by atoms with Crippen LogP contribution in [0.5, 0.6) is 0 Å². The topological polar surface area (TPSA) is 77.5 Å². The van der Waals surface area contributed by atoms with Gasteiger partial charge in [0, 0.05) is 0 Å². The molecule has 0 aromatic heterocycles. The molecule has 3 rings (SSSR count). The Morgan fingerprint density at radius 2 is 1.41 bits per heavy atom. The summed E-state index contributed by atoms with van der Waals surface area (Å²) in [5.41, 5.74) is 0.381. The summed E-state index contributed by atoms with van der Waals surface area (Å²) < 4.78 is 28.6. The van der Waals surface area contributed by atoms with Crippen molar-refractivity contribution in [3.63, 3.8) is 0 Å². The summed E-state index contributed by atoms with van der Waals surface area (Å²) in [7, 11) is -3.49. The lowest BCUT2D eigenvalue weighted by Gasteiger charge is -2.19. The van der Waals surface area contributed by atoms with Gasteiger partial charge in [0.05, 0.1) is 20.8 Å². The molecule has 0 spiro atoms. The zero-order valence-electron chi connectivity index (χ0n) is 12.3. The summed E-state index contributed by atoms with van der Waals surface area (Å²) in [6.45, 7) is 4.89. The average molecular weight is 318 g/mol. The van der Waals surface area contributed by atoms with Crippen molar-refractivity contribution >= 4 is 32.5 Å². The largest absolute Gasteiger partial charge is 0.386 e. The van der Waals surface area contributed by atoms with Crippen molar-refractivity contribution in [2.24, 2.45) is 0 Å². The van der Waals surface area contributed by atoms with Gasteiger partial charge in [-0.05, 0) is 55.8 Å². The lowest BCUT2D eigenvalue weighted by atomic mass is 10.0. The third-order valence-corrected chi connectivity index (χ3v) is 6.18. The van der Waals surface area contributed by atoms with Crippen molar-refractivity contribution in [2.75, 3.05) is 0 Å². The molecule has 114 valence electrons. The van der Waals surface area contributed by atoms with Gasteiger partial charge in [0.1, 0.15) is 0 Å². The number of fused-ring (bicyclic) bond motifs is 2. The first kappa shape index (κ1) is 14.7. The van der Waals surface area contributed by atoms with Crippen molar-refractivity contribution in [1.29, 1.82) is 0 Å². The molecular weight excluding hydrogens is 304 g/mol. The summed E-state index contributed by atoms with van der Waals surface area (Å²) in [6, 6.07) is 7.71. The van der Waals surface area contributed by atoms with Gasteiger partial charge >= 0.3 is 11.9 Å². The molecule has 0 aliphatic carbocycles. The van der Waals surface area contributed by atoms with E-state index in [2.05, 4.69) is 4.74 Å². The quantitative estimate of drug-likeness (QED) is 0.597. The van der Waals surface area contributed by atoms with Crippen LogP contribution in [0.2, 0.25) is 0 Å². The Kier molecular flexibility index (Phi) is 2.94. The smallest absolute Gasteiger partial charge is 0.346 e. The molecule has 0 saturated heterocycles. The summed E-state index contributed by atoms with van der Waals surface area (Å²) in [5.74, 6) is -1.38. The van der Waals surface area contributed by atoms with E-state index in [1.165, 1.54) is 18.2 Å². The van der Waals surface area contributed by atoms with Gasteiger partial charge in [-0.2, -0.15) is 0 Å². The van der Waals surface area contributed by atoms with E-state index in [1.54, 1.807) is 32.9 Å². The predicted molar refractivity (Wildman–Crippen MR) is 80.6 cm³/mol. The minimum absolute atomic E-state index is 0.169. The summed E-state index contributed by atoms with van der Waals surface area (Å²) in [4.78, 5) is 23.3. The van der Waals surface area contributed by atoms with E-state index in [0.717, 1.165) is 0 Å². The molecule has 0 saturated carbocycles. The molecule has 1 heterocycles. The standard InChI is InChI=1S/C16H14O5S/c1-16(2,3)22(19,20)11-5-4-9-7-12-13(8-10(9)6-11)15(18)21-14(12)17/h4-8H,1-3H3. The minimum atomic E-state index is -3.49. The van der Waals surface area contributed by atoms with Gasteiger partial charge in [-0.1, -0.05) is 6.07 Å². The van der Waals surface area contributed by atoms with Gasteiger partial charge < -0.3 is 4.74 Å². The van der Waals surface area contributed by atoms with E-state index in [1.807, 2.05) is 0 Å². The van der Waals surface area contributed by atoms with Gasteiger partial charge in [0.15, 0.2) is 9.84 Å². The Morgan fingerprint density at radius 1 is 0.864 bits per heavy atom. The molecule has 22 heavy (non-hydrogen) atoms. The van der Waals surface area contributed by atoms with Crippen molar-refractivity contribution < 1.29 is 22.7 Å². The molecular formula is C16H14O5S. The molecule has 0 atom stereocenters. The van der Waals surface area contributed by atoms with Crippen LogP contribution < -0.4 is 0 Å². The highest BCUT2D eigenvalue weighted by atomic mass is 32.2. The second-order valence-electron chi connectivity index (χ2n) is 6.20. The number of rotatable bonds is 1. The predicted octanol–water partition coefficient (Wildman–Crippen LogP) is 2.72. The number of hydrogen-bond donors (Lipinski definition) is 0. The highest BCUT2D eigenvalue weighted by molar-refractivity contribution is 7.92. The van der Waals surface area contributed by atoms with Crippen LogP contribution in [0.15, 0.2) is 35.2 Å². The van der Waals surface area contributed by atoms with Crippen LogP contribution in [0.3, 0.4) is 0 Å². The minimum Gasteiger partial charge on any atom is -0.386 e. The fourth-order valence-corrected chi connectivity index (χ4v) is 3.56. The van der Waals surface area contributed by atoms with Crippen LogP contribution in [0.1, 0.15) is 41.5 Å². The van der Waals surface area contributed by atoms with Crippen molar-refractivity contribution in [3.8, 4) is 0 Å². The maximum Gasteiger partial charge on any atom is 0.346 e. The number of carbonyl (C=O) groups is 2. The van der Waals surface area contributed by atoms with Crippen LogP contribution in [-0.2, 0) is 14.6 Å². The van der Waals surface area contributed by atoms with E-state index < -0.39 is 26.5 Å². The molecule has 0 fully saturated rings. The summed E-state index contributed by atoms with van der Waals surface area (Å²) in [6.07, 6.45) is 0. The number of cyclic esters (lactones) is 2. The van der Waals surface area contributed by atoms with E-state index in [4.69, 9.17) is 0 Å². The molecule has 0 radical (unpaired) electrons. The van der Waals surface area contributed by atoms with Crippen LogP contribution in [0.25, 0.3) is 10.8 Å². The second kappa shape index (κ2) is 4.39. The van der Waals surface area contributed by atoms with Gasteiger partial charge in [0.2, 0.25) is 0 Å². The van der Waals surface area contributed by atoms with Crippen LogP contribution >= 0.6 is 0 Å². The summed E-state index contributed by atoms with van der Waals surface area (Å²) in [5, 5.41) is 1.26. The maximum absolute atomic E-state index is 12.5. The summed E-state index contributed by atoms with van der Waals surface area (Å²) >= 11 is 0. The normalized spacial score (nSPS) is 15.0. The lowest BCUT2D eigenvalue weighted by Crippen LogP contribution is -2.27. The third kappa shape index (κ3) is 2.02. The first-order valence-corrected chi connectivity index (χ1v) is 8.18. The number of ether oxygens (including phenoxy) is 1. The molecule has 2 aromatic rings. The SMILES string of the molecule is CC(C)(C)S(=O)(=O)c1ccc2cc3c(cc2c1)C(=O)OC3=O. The zero-order chi connectivity index (χ0) is 16.3. The van der Waals surface area contributed by atoms with Gasteiger partial charge in [0.25, 0.3) is 0 Å². The number of benzene rings is 2. The highest BCUT2D eigenvalue weighted by Gasteiger charge is 2.32. The molecule has 5 nitrogen and oxygen atoms in total. The lowest BCUT2D eigenvalue weighted by molar-refractivity contribution is 0.0444. The van der Waals surface area contributed by atoms with Crippen molar-refractivity contribution in [1.82, 2.24) is 0 Å². The maximum atomic E-state index is 12.5. The number of hydrogen-bond acceptors (Lipinski definition) is 5. The molecule has 0 N–H and O–H groups in total. The Hall–Kier alpha value is -2.21. The van der Waals surface area contributed by atoms with E-state index >= 15 is 0 Å². The van der Waals surface area contributed by atoms with Crippen LogP contribution in [0.4, 0.5) is 0 Å². The first-order chi connectivity index (χ1) is 10.1. The highest BCUT2D eigenvalue weighted by Crippen LogP contribution is 2.30. The van der Waals surface area contributed by atoms with Crippen molar-refractivity contribution in [3.05, 3.63) is 41.5 Å². The fraction of sp³-hybridized carbons (Fsp3) is 0.250. The molecule has 0 bridgehead atoms. The molecule has 1 aliphatic heterocycles. The average Bonchev–Trinajstić information content (AvgIpc) is 2.69. The number of esters is 2. The molecule has 1 aliphatic rings. The third-order valence-electron chi connectivity index (χ3n) is 3.69. The Morgan fingerprint density at radius 3 is 1.95 bits per heavy atom. The molecule has 2 aromatic carbocycles. The fourth-order valence-electron chi connectivity index (χ4n) is 2.33. The van der Waals surface area contributed by atoms with Crippen molar-refractivity contribution in [2.45, 2.75) is 30.4 Å². The van der Waals surface area contributed by atoms with Gasteiger partial charge in [-0.3, -0.25) is 0 Å². The van der Waals surface area contributed by atoms with E-state index in [9.17, 15) is 18.0 Å². The monoisotopic (exact) mass is 318 g/mol. The van der Waals surface area contributed by atoms with Gasteiger partial charge in [-0.25, -0.2) is 18.0 Å². The van der Waals surface area contributed by atoms with Gasteiger partial charge in [-0.15, -0.1) is 0 Å². The number of sulfone groups is 1. The molecule has 0 unspecified atom stereocenters. The first-order valence-electron chi connectivity index (χ1n) is 6.70. The van der Waals surface area contributed by atoms with E-state index in [-0.39, 0.29) is 16.0 Å². The van der Waals surface area contributed by atoms with Crippen LogP contribution in [-0.4, -0.2) is 25.1 Å². The second-order valence-corrected chi connectivity index (χ2v) is 8.90. The Labute approximate surface area is 127 Å². The molecule has 0 amide bonds. The number of carbonyl (C=O) groups excluding carboxylic acids is 2. The van der Waals surface area contributed by atoms with E-state index in [0.29, 0.717) is 10.8 Å².